The second-order valence-corrected chi connectivity index (χ2v) is 6.93. The molecule has 0 amide bonds. The normalized spacial score (nSPS) is 15.7. The summed E-state index contributed by atoms with van der Waals surface area (Å²) in [5.74, 6) is 1.76. The molecule has 6 heteroatoms. The maximum Gasteiger partial charge on any atom is 0.191 e. The van der Waals surface area contributed by atoms with E-state index in [1.54, 1.807) is 7.05 Å². The van der Waals surface area contributed by atoms with Crippen LogP contribution in [0.3, 0.4) is 0 Å². The van der Waals surface area contributed by atoms with Crippen molar-refractivity contribution in [3.8, 4) is 5.75 Å². The number of hydrogen-bond acceptors (Lipinski definition) is 4. The van der Waals surface area contributed by atoms with Crippen molar-refractivity contribution in [2.24, 2.45) is 4.99 Å². The van der Waals surface area contributed by atoms with Crippen molar-refractivity contribution in [1.82, 2.24) is 10.6 Å². The van der Waals surface area contributed by atoms with E-state index in [9.17, 15) is 0 Å². The fraction of sp³-hybridized carbons (Fsp3) is 0.435. The van der Waals surface area contributed by atoms with Crippen molar-refractivity contribution in [3.63, 3.8) is 0 Å². The van der Waals surface area contributed by atoms with Gasteiger partial charge in [0.25, 0.3) is 0 Å². The first kappa shape index (κ1) is 21.1. The average molecular weight is 398 g/mol. The van der Waals surface area contributed by atoms with Gasteiger partial charge >= 0.3 is 0 Å². The standard InChI is InChI=1S/C23H31N3O3/c1-3-27-11-12-28-17-19-8-6-7-18(13-19)15-25-23(24-2)26-16-21-14-20-9-4-5-10-22(20)29-21/h4-10,13,21H,3,11-12,14-17H2,1-2H3,(H2,24,25,26). The zero-order valence-corrected chi connectivity index (χ0v) is 17.3. The number of hydrogen-bond donors (Lipinski definition) is 2. The van der Waals surface area contributed by atoms with Crippen molar-refractivity contribution in [3.05, 3.63) is 65.2 Å². The molecule has 2 N–H and O–H groups in total. The van der Waals surface area contributed by atoms with Crippen LogP contribution in [0.1, 0.15) is 23.6 Å². The molecule has 0 aliphatic carbocycles. The maximum atomic E-state index is 5.97. The van der Waals surface area contributed by atoms with E-state index in [1.165, 1.54) is 11.1 Å². The molecular weight excluding hydrogens is 366 g/mol. The molecule has 0 bridgehead atoms. The number of aliphatic imine (C=N–C) groups is 1. The molecular formula is C23H31N3O3. The predicted molar refractivity (Wildman–Crippen MR) is 115 cm³/mol. The van der Waals surface area contributed by atoms with Crippen molar-refractivity contribution in [1.29, 1.82) is 0 Å². The van der Waals surface area contributed by atoms with Crippen LogP contribution in [-0.4, -0.2) is 45.5 Å². The number of benzene rings is 2. The average Bonchev–Trinajstić information content (AvgIpc) is 3.17. The van der Waals surface area contributed by atoms with Gasteiger partial charge in [0, 0.05) is 26.6 Å². The van der Waals surface area contributed by atoms with E-state index in [0.29, 0.717) is 32.9 Å². The van der Waals surface area contributed by atoms with Crippen LogP contribution in [0.4, 0.5) is 0 Å². The lowest BCUT2D eigenvalue weighted by molar-refractivity contribution is 0.0453. The largest absolute Gasteiger partial charge is 0.488 e. The van der Waals surface area contributed by atoms with Gasteiger partial charge in [-0.25, -0.2) is 0 Å². The molecule has 0 radical (unpaired) electrons. The molecule has 1 aliphatic rings. The quantitative estimate of drug-likeness (QED) is 0.367. The Labute approximate surface area is 173 Å². The smallest absolute Gasteiger partial charge is 0.191 e. The molecule has 1 atom stereocenters. The van der Waals surface area contributed by atoms with Gasteiger partial charge in [-0.2, -0.15) is 0 Å². The molecule has 0 spiro atoms. The van der Waals surface area contributed by atoms with Gasteiger partial charge in [0.05, 0.1) is 26.4 Å². The Morgan fingerprint density at radius 3 is 2.72 bits per heavy atom. The number of guanidine groups is 1. The number of para-hydroxylation sites is 1. The lowest BCUT2D eigenvalue weighted by atomic mass is 10.1. The molecule has 2 aromatic carbocycles. The van der Waals surface area contributed by atoms with E-state index in [2.05, 4.69) is 52.0 Å². The van der Waals surface area contributed by atoms with Gasteiger partial charge in [-0.15, -0.1) is 0 Å². The number of ether oxygens (including phenoxy) is 3. The maximum absolute atomic E-state index is 5.97. The van der Waals surface area contributed by atoms with Gasteiger partial charge in [0.2, 0.25) is 0 Å². The van der Waals surface area contributed by atoms with Crippen LogP contribution in [0.15, 0.2) is 53.5 Å². The predicted octanol–water partition coefficient (Wildman–Crippen LogP) is 2.91. The molecule has 0 aromatic heterocycles. The highest BCUT2D eigenvalue weighted by atomic mass is 16.5. The molecule has 2 aromatic rings. The fourth-order valence-corrected chi connectivity index (χ4v) is 3.27. The van der Waals surface area contributed by atoms with Crippen LogP contribution >= 0.6 is 0 Å². The Balaban J connectivity index is 1.40. The molecule has 156 valence electrons. The first-order valence-corrected chi connectivity index (χ1v) is 10.2. The van der Waals surface area contributed by atoms with Crippen LogP contribution in [0.25, 0.3) is 0 Å². The van der Waals surface area contributed by atoms with E-state index < -0.39 is 0 Å². The summed E-state index contributed by atoms with van der Waals surface area (Å²) < 4.78 is 16.9. The molecule has 6 nitrogen and oxygen atoms in total. The van der Waals surface area contributed by atoms with Crippen LogP contribution in [-0.2, 0) is 29.0 Å². The highest BCUT2D eigenvalue weighted by Crippen LogP contribution is 2.27. The van der Waals surface area contributed by atoms with E-state index in [0.717, 1.165) is 30.3 Å². The summed E-state index contributed by atoms with van der Waals surface area (Å²) in [6, 6.07) is 16.6. The SMILES string of the molecule is CCOCCOCc1cccc(CNC(=NC)NCC2Cc3ccccc3O2)c1. The Kier molecular flexibility index (Phi) is 8.34. The highest BCUT2D eigenvalue weighted by Gasteiger charge is 2.22. The Morgan fingerprint density at radius 1 is 1.07 bits per heavy atom. The number of fused-ring (bicyclic) bond motifs is 1. The van der Waals surface area contributed by atoms with E-state index >= 15 is 0 Å². The third-order valence-electron chi connectivity index (χ3n) is 4.73. The molecule has 1 unspecified atom stereocenters. The molecule has 29 heavy (non-hydrogen) atoms. The summed E-state index contributed by atoms with van der Waals surface area (Å²) in [6.07, 6.45) is 1.05. The zero-order chi connectivity index (χ0) is 20.3. The van der Waals surface area contributed by atoms with Gasteiger partial charge in [-0.1, -0.05) is 42.5 Å². The summed E-state index contributed by atoms with van der Waals surface area (Å²) in [6.45, 7) is 5.95. The van der Waals surface area contributed by atoms with Crippen molar-refractivity contribution in [2.45, 2.75) is 32.6 Å². The summed E-state index contributed by atoms with van der Waals surface area (Å²) >= 11 is 0. The number of rotatable bonds is 10. The summed E-state index contributed by atoms with van der Waals surface area (Å²) in [5, 5.41) is 6.72. The molecule has 0 saturated heterocycles. The van der Waals surface area contributed by atoms with Crippen molar-refractivity contribution in [2.75, 3.05) is 33.4 Å². The van der Waals surface area contributed by atoms with Crippen LogP contribution in [0, 0.1) is 0 Å². The first-order valence-electron chi connectivity index (χ1n) is 10.2. The molecule has 0 fully saturated rings. The van der Waals surface area contributed by atoms with Gasteiger partial charge in [-0.05, 0) is 29.7 Å². The zero-order valence-electron chi connectivity index (χ0n) is 17.3. The minimum atomic E-state index is 0.128. The third-order valence-corrected chi connectivity index (χ3v) is 4.73. The van der Waals surface area contributed by atoms with Crippen LogP contribution < -0.4 is 15.4 Å². The monoisotopic (exact) mass is 397 g/mol. The lowest BCUT2D eigenvalue weighted by Crippen LogP contribution is -2.41. The summed E-state index contributed by atoms with van der Waals surface area (Å²) in [4.78, 5) is 4.31. The van der Waals surface area contributed by atoms with Crippen LogP contribution in [0.2, 0.25) is 0 Å². The Hall–Kier alpha value is -2.57. The number of nitrogens with zero attached hydrogens (tertiary/aromatic N) is 1. The summed E-state index contributed by atoms with van der Waals surface area (Å²) in [5.41, 5.74) is 3.60. The second kappa shape index (κ2) is 11.4. The second-order valence-electron chi connectivity index (χ2n) is 6.93. The van der Waals surface area contributed by atoms with E-state index in [4.69, 9.17) is 14.2 Å². The molecule has 1 aliphatic heterocycles. The van der Waals surface area contributed by atoms with Crippen molar-refractivity contribution >= 4 is 5.96 Å². The van der Waals surface area contributed by atoms with Crippen molar-refractivity contribution < 1.29 is 14.2 Å². The van der Waals surface area contributed by atoms with Crippen LogP contribution in [0.5, 0.6) is 5.75 Å². The highest BCUT2D eigenvalue weighted by molar-refractivity contribution is 5.79. The third kappa shape index (κ3) is 6.76. The van der Waals surface area contributed by atoms with Gasteiger partial charge in [0.1, 0.15) is 11.9 Å². The summed E-state index contributed by atoms with van der Waals surface area (Å²) in [7, 11) is 1.78. The Morgan fingerprint density at radius 2 is 1.90 bits per heavy atom. The first-order chi connectivity index (χ1) is 14.3. The fourth-order valence-electron chi connectivity index (χ4n) is 3.27. The lowest BCUT2D eigenvalue weighted by Gasteiger charge is -2.16. The topological polar surface area (TPSA) is 64.1 Å². The molecule has 1 heterocycles. The van der Waals surface area contributed by atoms with Gasteiger partial charge < -0.3 is 24.8 Å². The minimum absolute atomic E-state index is 0.128. The van der Waals surface area contributed by atoms with Gasteiger partial charge in [-0.3, -0.25) is 4.99 Å². The molecule has 0 saturated carbocycles. The molecule has 3 rings (SSSR count). The van der Waals surface area contributed by atoms with E-state index in [-0.39, 0.29) is 6.10 Å². The Bertz CT molecular complexity index is 769. The van der Waals surface area contributed by atoms with E-state index in [1.807, 2.05) is 19.1 Å². The van der Waals surface area contributed by atoms with Gasteiger partial charge in [0.15, 0.2) is 5.96 Å². The number of nitrogens with one attached hydrogen (secondary N) is 2. The minimum Gasteiger partial charge on any atom is -0.488 e.